The van der Waals surface area contributed by atoms with Gasteiger partial charge in [0.15, 0.2) is 0 Å². The first-order valence-corrected chi connectivity index (χ1v) is 8.45. The SMILES string of the molecule is NC(=O)[C@H](N)CCCCNC(=O)NCC(CO)(CO)COC(CO)CO. The van der Waals surface area contributed by atoms with E-state index in [-0.39, 0.29) is 13.2 Å². The zero-order valence-electron chi connectivity index (χ0n) is 14.9. The molecule has 0 aliphatic rings. The van der Waals surface area contributed by atoms with Gasteiger partial charge in [-0.3, -0.25) is 4.79 Å². The molecule has 0 aliphatic heterocycles. The van der Waals surface area contributed by atoms with E-state index in [0.717, 1.165) is 0 Å². The molecule has 0 bridgehead atoms. The van der Waals surface area contributed by atoms with E-state index in [1.807, 2.05) is 0 Å². The summed E-state index contributed by atoms with van der Waals surface area (Å²) in [5.41, 5.74) is 9.39. The summed E-state index contributed by atoms with van der Waals surface area (Å²) in [6.07, 6.45) is 0.842. The van der Waals surface area contributed by atoms with Gasteiger partial charge < -0.3 is 47.3 Å². The van der Waals surface area contributed by atoms with E-state index < -0.39 is 55.9 Å². The summed E-state index contributed by atoms with van der Waals surface area (Å²) in [6, 6.07) is -1.18. The third-order valence-electron chi connectivity index (χ3n) is 3.92. The van der Waals surface area contributed by atoms with Crippen LogP contribution in [0.15, 0.2) is 0 Å². The molecule has 0 fully saturated rings. The molecule has 0 saturated heterocycles. The zero-order valence-corrected chi connectivity index (χ0v) is 14.9. The van der Waals surface area contributed by atoms with E-state index in [1.54, 1.807) is 0 Å². The van der Waals surface area contributed by atoms with Crippen LogP contribution in [0.25, 0.3) is 0 Å². The minimum atomic E-state index is -1.14. The normalized spacial score (nSPS) is 12.8. The highest BCUT2D eigenvalue weighted by molar-refractivity contribution is 5.79. The number of aliphatic hydroxyl groups excluding tert-OH is 4. The topological polar surface area (TPSA) is 200 Å². The predicted molar refractivity (Wildman–Crippen MR) is 92.9 cm³/mol. The molecule has 0 aromatic rings. The molecule has 154 valence electrons. The maximum atomic E-state index is 11.8. The van der Waals surface area contributed by atoms with E-state index in [2.05, 4.69) is 10.6 Å². The van der Waals surface area contributed by atoms with Crippen molar-refractivity contribution in [2.24, 2.45) is 16.9 Å². The van der Waals surface area contributed by atoms with Crippen LogP contribution in [0.1, 0.15) is 19.3 Å². The van der Waals surface area contributed by atoms with E-state index in [0.29, 0.717) is 25.8 Å². The lowest BCUT2D eigenvalue weighted by Gasteiger charge is -2.31. The van der Waals surface area contributed by atoms with Gasteiger partial charge in [-0.05, 0) is 19.3 Å². The molecule has 0 saturated carbocycles. The zero-order chi connectivity index (χ0) is 20.0. The highest BCUT2D eigenvalue weighted by Gasteiger charge is 2.31. The van der Waals surface area contributed by atoms with Crippen molar-refractivity contribution in [2.75, 3.05) is 46.1 Å². The quantitative estimate of drug-likeness (QED) is 0.134. The van der Waals surface area contributed by atoms with Gasteiger partial charge in [-0.1, -0.05) is 0 Å². The maximum Gasteiger partial charge on any atom is 0.314 e. The van der Waals surface area contributed by atoms with Crippen LogP contribution >= 0.6 is 0 Å². The molecule has 11 nitrogen and oxygen atoms in total. The van der Waals surface area contributed by atoms with Crippen LogP contribution in [0.4, 0.5) is 4.79 Å². The summed E-state index contributed by atoms with van der Waals surface area (Å²) in [4.78, 5) is 22.6. The first-order valence-electron chi connectivity index (χ1n) is 8.45. The van der Waals surface area contributed by atoms with Crippen LogP contribution < -0.4 is 22.1 Å². The van der Waals surface area contributed by atoms with E-state index >= 15 is 0 Å². The largest absolute Gasteiger partial charge is 0.396 e. The molecule has 0 heterocycles. The smallest absolute Gasteiger partial charge is 0.314 e. The average Bonchev–Trinajstić information content (AvgIpc) is 2.64. The standard InChI is InChI=1S/C15H32N4O7/c16-12(13(17)24)3-1-2-4-18-14(25)19-7-15(8-22,9-23)10-26-11(5-20)6-21/h11-12,20-23H,1-10,16H2,(H2,17,24)(H2,18,19,25)/t12-/m1/s1. The number of aliphatic hydroxyl groups is 4. The highest BCUT2D eigenvalue weighted by atomic mass is 16.5. The molecular formula is C15H32N4O7. The molecule has 0 spiro atoms. The van der Waals surface area contributed by atoms with Gasteiger partial charge in [0.25, 0.3) is 0 Å². The van der Waals surface area contributed by atoms with Crippen molar-refractivity contribution in [3.8, 4) is 0 Å². The van der Waals surface area contributed by atoms with Crippen LogP contribution in [0.5, 0.6) is 0 Å². The fourth-order valence-corrected chi connectivity index (χ4v) is 1.93. The maximum absolute atomic E-state index is 11.8. The highest BCUT2D eigenvalue weighted by Crippen LogP contribution is 2.16. The third kappa shape index (κ3) is 9.85. The molecule has 0 aromatic carbocycles. The molecule has 26 heavy (non-hydrogen) atoms. The first kappa shape index (κ1) is 24.5. The number of hydrogen-bond donors (Lipinski definition) is 8. The molecule has 10 N–H and O–H groups in total. The van der Waals surface area contributed by atoms with Crippen molar-refractivity contribution in [2.45, 2.75) is 31.4 Å². The van der Waals surface area contributed by atoms with Gasteiger partial charge in [0, 0.05) is 13.1 Å². The molecular weight excluding hydrogens is 348 g/mol. The lowest BCUT2D eigenvalue weighted by Crippen LogP contribution is -2.49. The van der Waals surface area contributed by atoms with Gasteiger partial charge in [0.05, 0.1) is 44.5 Å². The Labute approximate surface area is 152 Å². The van der Waals surface area contributed by atoms with E-state index in [9.17, 15) is 19.8 Å². The Bertz CT molecular complexity index is 403. The summed E-state index contributed by atoms with van der Waals surface area (Å²) in [7, 11) is 0. The van der Waals surface area contributed by atoms with Crippen LogP contribution in [-0.4, -0.2) is 90.6 Å². The van der Waals surface area contributed by atoms with Crippen LogP contribution in [0.2, 0.25) is 0 Å². The molecule has 1 atom stereocenters. The van der Waals surface area contributed by atoms with Gasteiger partial charge in [-0.2, -0.15) is 0 Å². The predicted octanol–water partition coefficient (Wildman–Crippen LogP) is -3.39. The second-order valence-electron chi connectivity index (χ2n) is 6.23. The van der Waals surface area contributed by atoms with Gasteiger partial charge >= 0.3 is 6.03 Å². The lowest BCUT2D eigenvalue weighted by molar-refractivity contribution is -0.119. The van der Waals surface area contributed by atoms with Crippen molar-refractivity contribution in [1.29, 1.82) is 0 Å². The lowest BCUT2D eigenvalue weighted by atomic mass is 9.91. The molecule has 0 unspecified atom stereocenters. The van der Waals surface area contributed by atoms with Crippen LogP contribution in [-0.2, 0) is 9.53 Å². The summed E-state index contributed by atoms with van der Waals surface area (Å²) >= 11 is 0. The Kier molecular flexibility index (Phi) is 12.9. The Morgan fingerprint density at radius 1 is 1.04 bits per heavy atom. The minimum Gasteiger partial charge on any atom is -0.396 e. The number of amides is 3. The first-order chi connectivity index (χ1) is 12.3. The number of unbranched alkanes of at least 4 members (excludes halogenated alkanes) is 1. The van der Waals surface area contributed by atoms with Crippen molar-refractivity contribution in [1.82, 2.24) is 10.6 Å². The number of hydrogen-bond acceptors (Lipinski definition) is 8. The van der Waals surface area contributed by atoms with Crippen LogP contribution in [0.3, 0.4) is 0 Å². The Morgan fingerprint density at radius 3 is 2.15 bits per heavy atom. The van der Waals surface area contributed by atoms with Crippen molar-refractivity contribution in [3.63, 3.8) is 0 Å². The number of carbonyl (C=O) groups is 2. The molecule has 0 aliphatic carbocycles. The fraction of sp³-hybridized carbons (Fsp3) is 0.867. The van der Waals surface area contributed by atoms with Crippen LogP contribution in [0, 0.1) is 5.41 Å². The second-order valence-corrected chi connectivity index (χ2v) is 6.23. The molecule has 3 amide bonds. The Balaban J connectivity index is 4.15. The second kappa shape index (κ2) is 13.7. The van der Waals surface area contributed by atoms with Gasteiger partial charge in [-0.15, -0.1) is 0 Å². The Morgan fingerprint density at radius 2 is 1.65 bits per heavy atom. The van der Waals surface area contributed by atoms with Crippen molar-refractivity contribution >= 4 is 11.9 Å². The minimum absolute atomic E-state index is 0.0675. The van der Waals surface area contributed by atoms with E-state index in [4.69, 9.17) is 26.4 Å². The molecule has 0 radical (unpaired) electrons. The van der Waals surface area contributed by atoms with Gasteiger partial charge in [0.2, 0.25) is 5.91 Å². The van der Waals surface area contributed by atoms with Crippen molar-refractivity contribution < 1.29 is 34.8 Å². The number of carbonyl (C=O) groups excluding carboxylic acids is 2. The van der Waals surface area contributed by atoms with E-state index in [1.165, 1.54) is 0 Å². The molecule has 0 aromatic heterocycles. The molecule has 0 rings (SSSR count). The number of rotatable bonds is 15. The summed E-state index contributed by atoms with van der Waals surface area (Å²) in [5.74, 6) is -0.563. The third-order valence-corrected chi connectivity index (χ3v) is 3.92. The summed E-state index contributed by atoms with van der Waals surface area (Å²) in [6.45, 7) is -1.60. The van der Waals surface area contributed by atoms with Crippen molar-refractivity contribution in [3.05, 3.63) is 0 Å². The van der Waals surface area contributed by atoms with Gasteiger partial charge in [0.1, 0.15) is 6.10 Å². The average molecular weight is 380 g/mol. The fourth-order valence-electron chi connectivity index (χ4n) is 1.93. The Hall–Kier alpha value is -1.50. The number of ether oxygens (including phenoxy) is 1. The number of nitrogens with two attached hydrogens (primary N) is 2. The summed E-state index contributed by atoms with van der Waals surface area (Å²) in [5, 5.41) is 42.1. The number of nitrogens with one attached hydrogen (secondary N) is 2. The molecule has 11 heteroatoms. The monoisotopic (exact) mass is 380 g/mol. The number of urea groups is 1. The number of primary amides is 1. The van der Waals surface area contributed by atoms with Gasteiger partial charge in [-0.25, -0.2) is 4.79 Å². The summed E-state index contributed by atoms with van der Waals surface area (Å²) < 4.78 is 5.23.